The summed E-state index contributed by atoms with van der Waals surface area (Å²) in [6.45, 7) is 3.19. The highest BCUT2D eigenvalue weighted by molar-refractivity contribution is 5.27. The molecule has 1 saturated heterocycles. The minimum absolute atomic E-state index is 0.0888. The van der Waals surface area contributed by atoms with Crippen molar-refractivity contribution >= 4 is 0 Å². The van der Waals surface area contributed by atoms with Crippen molar-refractivity contribution < 1.29 is 13.9 Å². The molecule has 4 heteroatoms. The SMILES string of the molecule is CCC1CNCCC1(O)c1cc(F)ccc1F. The van der Waals surface area contributed by atoms with Crippen LogP contribution >= 0.6 is 0 Å². The Morgan fingerprint density at radius 2 is 2.24 bits per heavy atom. The van der Waals surface area contributed by atoms with Gasteiger partial charge >= 0.3 is 0 Å². The molecule has 94 valence electrons. The third-order valence-corrected chi connectivity index (χ3v) is 3.64. The van der Waals surface area contributed by atoms with E-state index in [4.69, 9.17) is 0 Å². The molecule has 2 unspecified atom stereocenters. The first-order chi connectivity index (χ1) is 8.08. The maximum Gasteiger partial charge on any atom is 0.129 e. The van der Waals surface area contributed by atoms with Crippen LogP contribution in [-0.2, 0) is 5.60 Å². The van der Waals surface area contributed by atoms with E-state index in [1.54, 1.807) is 0 Å². The van der Waals surface area contributed by atoms with Crippen molar-refractivity contribution in [2.45, 2.75) is 25.4 Å². The van der Waals surface area contributed by atoms with Crippen LogP contribution < -0.4 is 5.32 Å². The Balaban J connectivity index is 2.44. The molecule has 0 radical (unpaired) electrons. The van der Waals surface area contributed by atoms with Crippen LogP contribution in [0.3, 0.4) is 0 Å². The van der Waals surface area contributed by atoms with Gasteiger partial charge in [0.05, 0.1) is 5.60 Å². The van der Waals surface area contributed by atoms with E-state index < -0.39 is 17.2 Å². The van der Waals surface area contributed by atoms with Crippen LogP contribution in [0.4, 0.5) is 8.78 Å². The number of nitrogens with one attached hydrogen (secondary N) is 1. The fourth-order valence-electron chi connectivity index (χ4n) is 2.59. The molecule has 1 aliphatic rings. The smallest absolute Gasteiger partial charge is 0.129 e. The Morgan fingerprint density at radius 3 is 2.94 bits per heavy atom. The summed E-state index contributed by atoms with van der Waals surface area (Å²) in [5, 5.41) is 13.8. The zero-order valence-electron chi connectivity index (χ0n) is 9.84. The van der Waals surface area contributed by atoms with Gasteiger partial charge in [-0.15, -0.1) is 0 Å². The quantitative estimate of drug-likeness (QED) is 0.831. The molecule has 1 aromatic rings. The van der Waals surface area contributed by atoms with Gasteiger partial charge in [-0.25, -0.2) is 8.78 Å². The van der Waals surface area contributed by atoms with Crippen molar-refractivity contribution in [3.8, 4) is 0 Å². The molecular weight excluding hydrogens is 224 g/mol. The summed E-state index contributed by atoms with van der Waals surface area (Å²) >= 11 is 0. The number of piperidine rings is 1. The lowest BCUT2D eigenvalue weighted by molar-refractivity contribution is -0.0507. The van der Waals surface area contributed by atoms with E-state index in [-0.39, 0.29) is 11.5 Å². The van der Waals surface area contributed by atoms with Crippen molar-refractivity contribution in [2.24, 2.45) is 5.92 Å². The van der Waals surface area contributed by atoms with E-state index in [2.05, 4.69) is 5.32 Å². The molecule has 1 aromatic carbocycles. The third-order valence-electron chi connectivity index (χ3n) is 3.64. The molecular formula is C13H17F2NO. The van der Waals surface area contributed by atoms with E-state index in [1.807, 2.05) is 6.92 Å². The van der Waals surface area contributed by atoms with Gasteiger partial charge < -0.3 is 10.4 Å². The Hall–Kier alpha value is -1.00. The Morgan fingerprint density at radius 1 is 1.47 bits per heavy atom. The predicted octanol–water partition coefficient (Wildman–Crippen LogP) is 2.17. The second-order valence-electron chi connectivity index (χ2n) is 4.61. The lowest BCUT2D eigenvalue weighted by Gasteiger charge is -2.40. The first-order valence-corrected chi connectivity index (χ1v) is 5.96. The van der Waals surface area contributed by atoms with Gasteiger partial charge in [0.2, 0.25) is 0 Å². The summed E-state index contributed by atoms with van der Waals surface area (Å²) in [6.07, 6.45) is 1.13. The third kappa shape index (κ3) is 2.19. The minimum Gasteiger partial charge on any atom is -0.385 e. The first-order valence-electron chi connectivity index (χ1n) is 5.96. The lowest BCUT2D eigenvalue weighted by Crippen LogP contribution is -2.48. The highest BCUT2D eigenvalue weighted by Gasteiger charge is 2.41. The fraction of sp³-hybridized carbons (Fsp3) is 0.538. The van der Waals surface area contributed by atoms with Crippen LogP contribution in [0.5, 0.6) is 0 Å². The molecule has 1 aliphatic heterocycles. The van der Waals surface area contributed by atoms with Gasteiger partial charge in [0.15, 0.2) is 0 Å². The molecule has 1 fully saturated rings. The van der Waals surface area contributed by atoms with E-state index in [0.717, 1.165) is 24.6 Å². The molecule has 0 spiro atoms. The number of aliphatic hydroxyl groups is 1. The van der Waals surface area contributed by atoms with Crippen LogP contribution in [0, 0.1) is 17.6 Å². The highest BCUT2D eigenvalue weighted by atomic mass is 19.1. The summed E-state index contributed by atoms with van der Waals surface area (Å²) in [5.74, 6) is -1.13. The maximum atomic E-state index is 13.8. The minimum atomic E-state index is -1.26. The highest BCUT2D eigenvalue weighted by Crippen LogP contribution is 2.38. The van der Waals surface area contributed by atoms with E-state index in [0.29, 0.717) is 19.5 Å². The summed E-state index contributed by atoms with van der Waals surface area (Å²) in [6, 6.07) is 3.27. The molecule has 17 heavy (non-hydrogen) atoms. The first kappa shape index (κ1) is 12.5. The zero-order chi connectivity index (χ0) is 12.5. The van der Waals surface area contributed by atoms with Gasteiger partial charge in [0.25, 0.3) is 0 Å². The molecule has 0 aromatic heterocycles. The topological polar surface area (TPSA) is 32.3 Å². The Labute approximate surface area is 99.7 Å². The molecule has 2 rings (SSSR count). The fourth-order valence-corrected chi connectivity index (χ4v) is 2.59. The van der Waals surface area contributed by atoms with Crippen molar-refractivity contribution in [3.05, 3.63) is 35.4 Å². The molecule has 0 aliphatic carbocycles. The van der Waals surface area contributed by atoms with Gasteiger partial charge in [-0.05, 0) is 37.6 Å². The van der Waals surface area contributed by atoms with Gasteiger partial charge in [-0.3, -0.25) is 0 Å². The van der Waals surface area contributed by atoms with Crippen LogP contribution in [0.15, 0.2) is 18.2 Å². The van der Waals surface area contributed by atoms with Crippen molar-refractivity contribution in [2.75, 3.05) is 13.1 Å². The molecule has 2 atom stereocenters. The zero-order valence-corrected chi connectivity index (χ0v) is 9.84. The van der Waals surface area contributed by atoms with Crippen LogP contribution in [-0.4, -0.2) is 18.2 Å². The van der Waals surface area contributed by atoms with Crippen molar-refractivity contribution in [1.82, 2.24) is 5.32 Å². The van der Waals surface area contributed by atoms with E-state index >= 15 is 0 Å². The summed E-state index contributed by atoms with van der Waals surface area (Å²) in [4.78, 5) is 0. The van der Waals surface area contributed by atoms with Crippen LogP contribution in [0.1, 0.15) is 25.3 Å². The standard InChI is InChI=1S/C13H17F2NO/c1-2-9-8-16-6-5-13(9,17)11-7-10(14)3-4-12(11)15/h3-4,7,9,16-17H,2,5-6,8H2,1H3. The van der Waals surface area contributed by atoms with Gasteiger partial charge in [-0.2, -0.15) is 0 Å². The van der Waals surface area contributed by atoms with Gasteiger partial charge in [0, 0.05) is 18.0 Å². The Bertz CT molecular complexity index is 410. The Kier molecular flexibility index (Phi) is 3.45. The average Bonchev–Trinajstić information content (AvgIpc) is 2.33. The van der Waals surface area contributed by atoms with Crippen LogP contribution in [0.25, 0.3) is 0 Å². The average molecular weight is 241 g/mol. The monoisotopic (exact) mass is 241 g/mol. The summed E-state index contributed by atoms with van der Waals surface area (Å²) < 4.78 is 27.0. The normalized spacial score (nSPS) is 29.3. The number of hydrogen-bond acceptors (Lipinski definition) is 2. The number of halogens is 2. The largest absolute Gasteiger partial charge is 0.385 e. The second kappa shape index (κ2) is 4.70. The summed E-state index contributed by atoms with van der Waals surface area (Å²) in [7, 11) is 0. The van der Waals surface area contributed by atoms with Crippen LogP contribution in [0.2, 0.25) is 0 Å². The van der Waals surface area contributed by atoms with Gasteiger partial charge in [-0.1, -0.05) is 6.92 Å². The lowest BCUT2D eigenvalue weighted by atomic mass is 9.75. The molecule has 0 saturated carbocycles. The molecule has 2 nitrogen and oxygen atoms in total. The predicted molar refractivity (Wildman–Crippen MR) is 61.5 cm³/mol. The van der Waals surface area contributed by atoms with Crippen molar-refractivity contribution in [3.63, 3.8) is 0 Å². The number of hydrogen-bond donors (Lipinski definition) is 2. The summed E-state index contributed by atoms with van der Waals surface area (Å²) in [5.41, 5.74) is -1.17. The number of benzene rings is 1. The van der Waals surface area contributed by atoms with Gasteiger partial charge in [0.1, 0.15) is 11.6 Å². The maximum absolute atomic E-state index is 13.8. The molecule has 2 N–H and O–H groups in total. The van der Waals surface area contributed by atoms with E-state index in [1.165, 1.54) is 0 Å². The van der Waals surface area contributed by atoms with Crippen molar-refractivity contribution in [1.29, 1.82) is 0 Å². The van der Waals surface area contributed by atoms with E-state index in [9.17, 15) is 13.9 Å². The molecule has 0 bridgehead atoms. The number of rotatable bonds is 2. The molecule has 1 heterocycles. The second-order valence-corrected chi connectivity index (χ2v) is 4.61. The molecule has 0 amide bonds.